The van der Waals surface area contributed by atoms with Crippen LogP contribution in [0.15, 0.2) is 4.99 Å². The van der Waals surface area contributed by atoms with Gasteiger partial charge in [-0.2, -0.15) is 0 Å². The number of rotatable bonds is 9. The van der Waals surface area contributed by atoms with E-state index in [4.69, 9.17) is 4.74 Å². The first-order valence-corrected chi connectivity index (χ1v) is 10.1. The maximum absolute atomic E-state index is 5.97. The summed E-state index contributed by atoms with van der Waals surface area (Å²) in [6.45, 7) is 8.83. The van der Waals surface area contributed by atoms with Gasteiger partial charge in [0.25, 0.3) is 0 Å². The van der Waals surface area contributed by atoms with E-state index in [1.54, 1.807) is 0 Å². The Labute approximate surface area is 148 Å². The van der Waals surface area contributed by atoms with Crippen LogP contribution in [0.1, 0.15) is 58.3 Å². The highest BCUT2D eigenvalue weighted by Crippen LogP contribution is 2.20. The van der Waals surface area contributed by atoms with Crippen molar-refractivity contribution >= 4 is 5.96 Å². The molecule has 140 valence electrons. The first-order chi connectivity index (χ1) is 11.8. The predicted octanol–water partition coefficient (Wildman–Crippen LogP) is 2.62. The van der Waals surface area contributed by atoms with E-state index in [1.807, 2.05) is 7.05 Å². The van der Waals surface area contributed by atoms with Crippen molar-refractivity contribution in [2.45, 2.75) is 64.4 Å². The minimum atomic E-state index is 0.516. The van der Waals surface area contributed by atoms with Crippen LogP contribution in [-0.4, -0.2) is 63.3 Å². The molecule has 1 saturated carbocycles. The van der Waals surface area contributed by atoms with Crippen LogP contribution in [0.2, 0.25) is 0 Å². The highest BCUT2D eigenvalue weighted by Gasteiger charge is 2.15. The Morgan fingerprint density at radius 2 is 1.88 bits per heavy atom. The summed E-state index contributed by atoms with van der Waals surface area (Å²) in [5.41, 5.74) is 0. The van der Waals surface area contributed by atoms with Crippen molar-refractivity contribution in [3.05, 3.63) is 0 Å². The number of likely N-dealkylation sites (tertiary alicyclic amines) is 1. The van der Waals surface area contributed by atoms with E-state index < -0.39 is 0 Å². The number of nitrogens with zero attached hydrogens (tertiary/aromatic N) is 2. The molecule has 5 heteroatoms. The van der Waals surface area contributed by atoms with Gasteiger partial charge in [-0.1, -0.05) is 26.2 Å². The van der Waals surface area contributed by atoms with Crippen molar-refractivity contribution in [2.24, 2.45) is 10.9 Å². The van der Waals surface area contributed by atoms with Crippen molar-refractivity contribution in [2.75, 3.05) is 46.4 Å². The lowest BCUT2D eigenvalue weighted by atomic mass is 9.98. The smallest absolute Gasteiger partial charge is 0.190 e. The number of ether oxygens (including phenoxy) is 1. The molecular formula is C19H38N4O. The molecule has 1 heterocycles. The molecule has 1 aliphatic carbocycles. The van der Waals surface area contributed by atoms with Gasteiger partial charge in [0, 0.05) is 33.3 Å². The van der Waals surface area contributed by atoms with E-state index in [0.29, 0.717) is 12.0 Å². The number of hydrogen-bond acceptors (Lipinski definition) is 3. The van der Waals surface area contributed by atoms with Crippen LogP contribution in [0.25, 0.3) is 0 Å². The van der Waals surface area contributed by atoms with Crippen LogP contribution in [0.4, 0.5) is 0 Å². The lowest BCUT2D eigenvalue weighted by Gasteiger charge is -2.22. The van der Waals surface area contributed by atoms with Crippen LogP contribution in [0.5, 0.6) is 0 Å². The number of hydrogen-bond donors (Lipinski definition) is 2. The molecule has 0 amide bonds. The Hall–Kier alpha value is -0.810. The largest absolute Gasteiger partial charge is 0.378 e. The minimum Gasteiger partial charge on any atom is -0.378 e. The van der Waals surface area contributed by atoms with Crippen molar-refractivity contribution in [1.82, 2.24) is 15.5 Å². The third-order valence-electron chi connectivity index (χ3n) is 5.13. The zero-order chi connectivity index (χ0) is 17.0. The molecule has 0 aromatic heterocycles. The topological polar surface area (TPSA) is 48.9 Å². The molecule has 1 saturated heterocycles. The second-order valence-electron chi connectivity index (χ2n) is 7.48. The zero-order valence-electron chi connectivity index (χ0n) is 15.9. The zero-order valence-corrected chi connectivity index (χ0v) is 15.9. The Balaban J connectivity index is 1.48. The Morgan fingerprint density at radius 1 is 1.12 bits per heavy atom. The van der Waals surface area contributed by atoms with Crippen LogP contribution in [0.3, 0.4) is 0 Å². The van der Waals surface area contributed by atoms with Gasteiger partial charge in [-0.15, -0.1) is 0 Å². The average molecular weight is 339 g/mol. The van der Waals surface area contributed by atoms with Crippen molar-refractivity contribution in [1.29, 1.82) is 0 Å². The number of guanidine groups is 1. The maximum Gasteiger partial charge on any atom is 0.190 e. The van der Waals surface area contributed by atoms with Gasteiger partial charge in [0.05, 0.1) is 6.10 Å². The first-order valence-electron chi connectivity index (χ1n) is 10.1. The summed E-state index contributed by atoms with van der Waals surface area (Å²) < 4.78 is 5.97. The molecule has 24 heavy (non-hydrogen) atoms. The van der Waals surface area contributed by atoms with Crippen molar-refractivity contribution < 1.29 is 4.74 Å². The average Bonchev–Trinajstić information content (AvgIpc) is 3.11. The minimum absolute atomic E-state index is 0.516. The summed E-state index contributed by atoms with van der Waals surface area (Å²) in [5, 5.41) is 6.86. The monoisotopic (exact) mass is 338 g/mol. The summed E-state index contributed by atoms with van der Waals surface area (Å²) in [4.78, 5) is 6.89. The van der Waals surface area contributed by atoms with Crippen molar-refractivity contribution in [3.8, 4) is 0 Å². The van der Waals surface area contributed by atoms with E-state index >= 15 is 0 Å². The number of nitrogens with one attached hydrogen (secondary N) is 2. The van der Waals surface area contributed by atoms with Crippen LogP contribution in [0, 0.1) is 5.92 Å². The Kier molecular flexibility index (Phi) is 9.51. The third kappa shape index (κ3) is 7.84. The Morgan fingerprint density at radius 3 is 2.58 bits per heavy atom. The van der Waals surface area contributed by atoms with Gasteiger partial charge in [0.1, 0.15) is 0 Å². The highest BCUT2D eigenvalue weighted by atomic mass is 16.5. The summed E-state index contributed by atoms with van der Waals surface area (Å²) >= 11 is 0. The maximum atomic E-state index is 5.97. The molecule has 5 nitrogen and oxygen atoms in total. The molecule has 0 aromatic rings. The fraction of sp³-hybridized carbons (Fsp3) is 0.947. The van der Waals surface area contributed by atoms with E-state index in [9.17, 15) is 0 Å². The second kappa shape index (κ2) is 11.7. The SMILES string of the molecule is CN=C(NCCCOC1CCCCC1)NCC(C)CN1CCCC1. The summed E-state index contributed by atoms with van der Waals surface area (Å²) in [6.07, 6.45) is 10.9. The molecular weight excluding hydrogens is 300 g/mol. The third-order valence-corrected chi connectivity index (χ3v) is 5.13. The van der Waals surface area contributed by atoms with Gasteiger partial charge in [0.15, 0.2) is 5.96 Å². The molecule has 1 aliphatic heterocycles. The standard InChI is InChI=1S/C19H38N4O/c1-17(16-23-12-6-7-13-23)15-22-19(20-2)21-11-8-14-24-18-9-4-3-5-10-18/h17-18H,3-16H2,1-2H3,(H2,20,21,22). The molecule has 0 spiro atoms. The predicted molar refractivity (Wildman–Crippen MR) is 102 cm³/mol. The van der Waals surface area contributed by atoms with Gasteiger partial charge in [-0.3, -0.25) is 4.99 Å². The molecule has 2 rings (SSSR count). The number of aliphatic imine (C=N–C) groups is 1. The molecule has 1 unspecified atom stereocenters. The normalized spacial score (nSPS) is 21.8. The van der Waals surface area contributed by atoms with Crippen LogP contribution in [-0.2, 0) is 4.74 Å². The highest BCUT2D eigenvalue weighted by molar-refractivity contribution is 5.79. The fourth-order valence-electron chi connectivity index (χ4n) is 3.72. The van der Waals surface area contributed by atoms with E-state index in [1.165, 1.54) is 64.6 Å². The molecule has 0 aromatic carbocycles. The molecule has 1 atom stereocenters. The van der Waals surface area contributed by atoms with Gasteiger partial charge >= 0.3 is 0 Å². The Bertz CT molecular complexity index is 349. The van der Waals surface area contributed by atoms with E-state index in [-0.39, 0.29) is 0 Å². The second-order valence-corrected chi connectivity index (χ2v) is 7.48. The van der Waals surface area contributed by atoms with Crippen LogP contribution >= 0.6 is 0 Å². The molecule has 2 aliphatic rings. The molecule has 0 radical (unpaired) electrons. The summed E-state index contributed by atoms with van der Waals surface area (Å²) in [7, 11) is 1.85. The lowest BCUT2D eigenvalue weighted by molar-refractivity contribution is 0.0277. The quantitative estimate of drug-likeness (QED) is 0.385. The molecule has 0 bridgehead atoms. The molecule has 2 N–H and O–H groups in total. The van der Waals surface area contributed by atoms with Gasteiger partial charge in [-0.25, -0.2) is 0 Å². The summed E-state index contributed by atoms with van der Waals surface area (Å²) in [5.74, 6) is 1.57. The van der Waals surface area contributed by atoms with E-state index in [0.717, 1.165) is 32.1 Å². The van der Waals surface area contributed by atoms with Crippen molar-refractivity contribution in [3.63, 3.8) is 0 Å². The first kappa shape index (κ1) is 19.5. The van der Waals surface area contributed by atoms with Gasteiger partial charge < -0.3 is 20.3 Å². The van der Waals surface area contributed by atoms with Gasteiger partial charge in [-0.05, 0) is 51.1 Å². The lowest BCUT2D eigenvalue weighted by Crippen LogP contribution is -2.41. The fourth-order valence-corrected chi connectivity index (χ4v) is 3.72. The van der Waals surface area contributed by atoms with Gasteiger partial charge in [0.2, 0.25) is 0 Å². The summed E-state index contributed by atoms with van der Waals surface area (Å²) in [6, 6.07) is 0. The van der Waals surface area contributed by atoms with E-state index in [2.05, 4.69) is 27.4 Å². The molecule has 2 fully saturated rings. The van der Waals surface area contributed by atoms with Crippen LogP contribution < -0.4 is 10.6 Å².